The first-order valence-corrected chi connectivity index (χ1v) is 30.0. The molecule has 6 nitrogen and oxygen atoms in total. The van der Waals surface area contributed by atoms with Gasteiger partial charge in [0, 0.05) is 0 Å². The van der Waals surface area contributed by atoms with E-state index in [0.29, 0.717) is 0 Å². The number of aliphatic hydroxyl groups excluding tert-OH is 1. The maximum absolute atomic E-state index is 9.90. The molecule has 0 radical (unpaired) electrons. The minimum absolute atomic E-state index is 0.00749. The summed E-state index contributed by atoms with van der Waals surface area (Å²) in [6.45, 7) is 37.7. The summed E-state index contributed by atoms with van der Waals surface area (Å²) in [6.07, 6.45) is 17.6. The first-order chi connectivity index (χ1) is 23.3. The zero-order valence-corrected chi connectivity index (χ0v) is 39.8. The van der Waals surface area contributed by atoms with Gasteiger partial charge in [0.2, 0.25) is 0 Å². The minimum Gasteiger partial charge on any atom is -0.411 e. The lowest BCUT2D eigenvalue weighted by Crippen LogP contribution is -2.50. The van der Waals surface area contributed by atoms with E-state index in [-0.39, 0.29) is 64.4 Å². The lowest BCUT2D eigenvalue weighted by molar-refractivity contribution is -0.0789. The molecule has 0 aromatic carbocycles. The first-order valence-electron chi connectivity index (χ1n) is 21.3. The molecule has 0 aliphatic carbocycles. The zero-order valence-electron chi connectivity index (χ0n) is 36.8. The SMILES string of the molecule is CCCCCCCCCC[C@H](O[Si](C)(C)C(C)(C)C)[C@H]1CC[C@@H]([C@H](CC[C@H](O[Si](C)(C)C(C)(C)C)[C@@H]2CC[C@H](CO)O2)O[Si](C)(C)C(C)(C)C)O1. The van der Waals surface area contributed by atoms with Crippen molar-refractivity contribution in [1.29, 1.82) is 0 Å². The molecular weight excluding hydrogens is 685 g/mol. The Kier molecular flexibility index (Phi) is 18.7. The van der Waals surface area contributed by atoms with Crippen molar-refractivity contribution >= 4 is 25.0 Å². The van der Waals surface area contributed by atoms with Gasteiger partial charge in [-0.15, -0.1) is 0 Å². The van der Waals surface area contributed by atoms with Gasteiger partial charge < -0.3 is 27.9 Å². The van der Waals surface area contributed by atoms with Gasteiger partial charge in [0.25, 0.3) is 0 Å². The molecular formula is C42H88O6Si3. The third-order valence-corrected chi connectivity index (χ3v) is 27.0. The molecule has 7 atom stereocenters. The van der Waals surface area contributed by atoms with E-state index in [9.17, 15) is 5.11 Å². The van der Waals surface area contributed by atoms with Gasteiger partial charge >= 0.3 is 0 Å². The van der Waals surface area contributed by atoms with Crippen molar-refractivity contribution < 1.29 is 27.9 Å². The molecule has 2 saturated heterocycles. The molecule has 2 aliphatic rings. The monoisotopic (exact) mass is 773 g/mol. The van der Waals surface area contributed by atoms with E-state index in [4.69, 9.17) is 22.8 Å². The van der Waals surface area contributed by atoms with Crippen LogP contribution in [0.4, 0.5) is 0 Å². The lowest BCUT2D eigenvalue weighted by atomic mass is 9.99. The molecule has 2 rings (SSSR count). The van der Waals surface area contributed by atoms with E-state index in [1.165, 1.54) is 51.4 Å². The largest absolute Gasteiger partial charge is 0.411 e. The summed E-state index contributed by atoms with van der Waals surface area (Å²) in [6, 6.07) is 0. The molecule has 2 aliphatic heterocycles. The van der Waals surface area contributed by atoms with Crippen LogP contribution in [0.2, 0.25) is 54.4 Å². The van der Waals surface area contributed by atoms with Gasteiger partial charge in [-0.05, 0) is 99.3 Å². The lowest BCUT2D eigenvalue weighted by Gasteiger charge is -2.43. The van der Waals surface area contributed by atoms with Crippen molar-refractivity contribution in [3.63, 3.8) is 0 Å². The van der Waals surface area contributed by atoms with E-state index < -0.39 is 25.0 Å². The highest BCUT2D eigenvalue weighted by atomic mass is 28.4. The molecule has 0 unspecified atom stereocenters. The second kappa shape index (κ2) is 20.0. The van der Waals surface area contributed by atoms with Crippen LogP contribution in [-0.2, 0) is 22.8 Å². The Bertz CT molecular complexity index is 983. The summed E-state index contributed by atoms with van der Waals surface area (Å²) in [4.78, 5) is 0. The summed E-state index contributed by atoms with van der Waals surface area (Å²) in [7, 11) is -6.13. The average molecular weight is 773 g/mol. The fourth-order valence-corrected chi connectivity index (χ4v) is 11.0. The van der Waals surface area contributed by atoms with Gasteiger partial charge in [0.05, 0.1) is 49.3 Å². The van der Waals surface area contributed by atoms with Gasteiger partial charge in [0.15, 0.2) is 25.0 Å². The Morgan fingerprint density at radius 3 is 1.20 bits per heavy atom. The van der Waals surface area contributed by atoms with Crippen LogP contribution in [0.1, 0.15) is 166 Å². The highest BCUT2D eigenvalue weighted by Crippen LogP contribution is 2.44. The van der Waals surface area contributed by atoms with Gasteiger partial charge in [-0.3, -0.25) is 0 Å². The molecule has 0 aromatic heterocycles. The normalized spacial score (nSPS) is 24.6. The standard InChI is InChI=1S/C42H88O6Si3/c1-17-18-19-20-21-22-23-24-25-37(46-49(11,12)40(2,3)4)35-28-29-36(45-35)39(48-51(15,16)42(8,9)10)31-30-38(34-27-26-33(32-43)44-34)47-50(13,14)41(5,6)7/h33-39,43H,17-32H2,1-16H3/t33-,34+,35-,36+,37+,38+,39+/m1/s1. The van der Waals surface area contributed by atoms with Crippen LogP contribution in [0.25, 0.3) is 0 Å². The van der Waals surface area contributed by atoms with Crippen LogP contribution in [0.15, 0.2) is 0 Å². The summed E-state index contributed by atoms with van der Waals surface area (Å²) >= 11 is 0. The summed E-state index contributed by atoms with van der Waals surface area (Å²) in [5.74, 6) is 0. The number of hydrogen-bond acceptors (Lipinski definition) is 6. The molecule has 0 aromatic rings. The van der Waals surface area contributed by atoms with Crippen molar-refractivity contribution in [3.8, 4) is 0 Å². The van der Waals surface area contributed by atoms with E-state index in [0.717, 1.165) is 44.9 Å². The molecule has 1 N–H and O–H groups in total. The van der Waals surface area contributed by atoms with E-state index in [1.807, 2.05) is 0 Å². The zero-order chi connectivity index (χ0) is 38.9. The molecule has 0 amide bonds. The van der Waals surface area contributed by atoms with Crippen molar-refractivity contribution in [2.75, 3.05) is 6.61 Å². The number of ether oxygens (including phenoxy) is 2. The van der Waals surface area contributed by atoms with Crippen molar-refractivity contribution in [2.45, 2.75) is 263 Å². The van der Waals surface area contributed by atoms with Crippen LogP contribution in [-0.4, -0.2) is 79.4 Å². The molecule has 0 saturated carbocycles. The maximum atomic E-state index is 9.90. The van der Waals surface area contributed by atoms with E-state index in [2.05, 4.69) is 109 Å². The quantitative estimate of drug-likeness (QED) is 0.0873. The highest BCUT2D eigenvalue weighted by Gasteiger charge is 2.47. The molecule has 0 spiro atoms. The summed E-state index contributed by atoms with van der Waals surface area (Å²) < 4.78 is 35.3. The van der Waals surface area contributed by atoms with Gasteiger partial charge in [0.1, 0.15) is 0 Å². The number of rotatable bonds is 22. The molecule has 304 valence electrons. The summed E-state index contributed by atoms with van der Waals surface area (Å²) in [5.41, 5.74) is 0. The van der Waals surface area contributed by atoms with Crippen molar-refractivity contribution in [1.82, 2.24) is 0 Å². The van der Waals surface area contributed by atoms with Crippen molar-refractivity contribution in [3.05, 3.63) is 0 Å². The fourth-order valence-electron chi connectivity index (χ4n) is 6.81. The van der Waals surface area contributed by atoms with Gasteiger partial charge in [-0.25, -0.2) is 0 Å². The molecule has 0 bridgehead atoms. The topological polar surface area (TPSA) is 66.4 Å². The number of unbranched alkanes of at least 4 members (excludes halogenated alkanes) is 7. The Morgan fingerprint density at radius 1 is 0.510 bits per heavy atom. The Morgan fingerprint density at radius 2 is 0.843 bits per heavy atom. The molecule has 9 heteroatoms. The second-order valence-electron chi connectivity index (χ2n) is 20.9. The van der Waals surface area contributed by atoms with Crippen LogP contribution in [0.5, 0.6) is 0 Å². The van der Waals surface area contributed by atoms with Crippen LogP contribution in [0, 0.1) is 0 Å². The number of hydrogen-bond donors (Lipinski definition) is 1. The molecule has 2 heterocycles. The van der Waals surface area contributed by atoms with Gasteiger partial charge in [-0.2, -0.15) is 0 Å². The third-order valence-electron chi connectivity index (χ3n) is 13.5. The smallest absolute Gasteiger partial charge is 0.192 e. The van der Waals surface area contributed by atoms with E-state index >= 15 is 0 Å². The van der Waals surface area contributed by atoms with Gasteiger partial charge in [-0.1, -0.05) is 121 Å². The summed E-state index contributed by atoms with van der Waals surface area (Å²) in [5, 5.41) is 10.3. The molecule has 51 heavy (non-hydrogen) atoms. The van der Waals surface area contributed by atoms with Crippen LogP contribution < -0.4 is 0 Å². The Balaban J connectivity index is 2.29. The van der Waals surface area contributed by atoms with Crippen LogP contribution in [0.3, 0.4) is 0 Å². The van der Waals surface area contributed by atoms with Crippen molar-refractivity contribution in [2.24, 2.45) is 0 Å². The number of aliphatic hydroxyl groups is 1. The highest BCUT2D eigenvalue weighted by molar-refractivity contribution is 6.75. The average Bonchev–Trinajstić information content (AvgIpc) is 3.68. The minimum atomic E-state index is -2.09. The van der Waals surface area contributed by atoms with E-state index in [1.54, 1.807) is 0 Å². The first kappa shape index (κ1) is 47.6. The fraction of sp³-hybridized carbons (Fsp3) is 1.00. The predicted molar refractivity (Wildman–Crippen MR) is 226 cm³/mol. The Hall–Kier alpha value is 0.411. The third kappa shape index (κ3) is 14.8. The maximum Gasteiger partial charge on any atom is 0.192 e. The predicted octanol–water partition coefficient (Wildman–Crippen LogP) is 12.6. The molecule has 2 fully saturated rings. The second-order valence-corrected chi connectivity index (χ2v) is 35.2. The van der Waals surface area contributed by atoms with Crippen LogP contribution >= 0.6 is 0 Å². The Labute approximate surface area is 321 Å².